The Balaban J connectivity index is 1.41. The van der Waals surface area contributed by atoms with Gasteiger partial charge in [-0.1, -0.05) is 19.8 Å². The molecule has 1 saturated carbocycles. The van der Waals surface area contributed by atoms with Crippen molar-refractivity contribution in [3.63, 3.8) is 0 Å². The molecule has 144 valence electrons. The Morgan fingerprint density at radius 3 is 2.54 bits per heavy atom. The number of aliphatic hydroxyl groups is 1. The van der Waals surface area contributed by atoms with Crippen molar-refractivity contribution in [2.75, 3.05) is 19.6 Å². The van der Waals surface area contributed by atoms with E-state index in [4.69, 9.17) is 0 Å². The van der Waals surface area contributed by atoms with Crippen molar-refractivity contribution in [2.24, 2.45) is 17.8 Å². The zero-order valence-electron chi connectivity index (χ0n) is 15.4. The third-order valence-electron chi connectivity index (χ3n) is 6.52. The molecule has 0 aromatic carbocycles. The second-order valence-electron chi connectivity index (χ2n) is 8.38. The molecule has 2 saturated heterocycles. The highest BCUT2D eigenvalue weighted by atomic mass is 32.2. The molecule has 0 spiro atoms. The van der Waals surface area contributed by atoms with E-state index in [0.29, 0.717) is 5.25 Å². The van der Waals surface area contributed by atoms with Crippen LogP contribution in [0.4, 0.5) is 0 Å². The highest BCUT2D eigenvalue weighted by Crippen LogP contribution is 2.52. The van der Waals surface area contributed by atoms with Crippen molar-refractivity contribution >= 4 is 23.6 Å². The zero-order chi connectivity index (χ0) is 18.6. The van der Waals surface area contributed by atoms with Crippen LogP contribution in [0, 0.1) is 17.8 Å². The first kappa shape index (κ1) is 18.3. The van der Waals surface area contributed by atoms with Gasteiger partial charge < -0.3 is 20.0 Å². The summed E-state index contributed by atoms with van der Waals surface area (Å²) in [6, 6.07) is -0.203. The molecule has 2 N–H and O–H groups in total. The molecule has 0 aromatic heterocycles. The van der Waals surface area contributed by atoms with Crippen LogP contribution in [-0.2, 0) is 9.59 Å². The number of β-lactam (4-membered cyclic amide) rings is 1. The maximum Gasteiger partial charge on any atom is 0.353 e. The van der Waals surface area contributed by atoms with Gasteiger partial charge in [-0.2, -0.15) is 0 Å². The van der Waals surface area contributed by atoms with Gasteiger partial charge in [-0.25, -0.2) is 4.79 Å². The molecule has 1 amide bonds. The average Bonchev–Trinajstić information content (AvgIpc) is 3.11. The topological polar surface area (TPSA) is 81.1 Å². The largest absolute Gasteiger partial charge is 0.477 e. The van der Waals surface area contributed by atoms with Crippen LogP contribution in [-0.4, -0.2) is 68.9 Å². The molecule has 3 fully saturated rings. The number of aliphatic carboxylic acids is 1. The highest BCUT2D eigenvalue weighted by Gasteiger charge is 2.60. The fourth-order valence-corrected chi connectivity index (χ4v) is 6.74. The monoisotopic (exact) mass is 380 g/mol. The number of carbonyl (C=O) groups excluding carboxylic acids is 1. The van der Waals surface area contributed by atoms with Gasteiger partial charge in [0.1, 0.15) is 5.70 Å². The number of hydrogen-bond acceptors (Lipinski definition) is 5. The number of fused-ring (bicyclic) bond motifs is 1. The summed E-state index contributed by atoms with van der Waals surface area (Å²) in [6.07, 6.45) is 4.67. The van der Waals surface area contributed by atoms with E-state index in [9.17, 15) is 19.8 Å². The molecule has 0 radical (unpaired) electrons. The van der Waals surface area contributed by atoms with Crippen molar-refractivity contribution in [3.8, 4) is 0 Å². The molecule has 6 nitrogen and oxygen atoms in total. The normalized spacial score (nSPS) is 34.0. The minimum atomic E-state index is -1.03. The summed E-state index contributed by atoms with van der Waals surface area (Å²) in [5, 5.41) is 20.0. The first-order chi connectivity index (χ1) is 12.4. The van der Waals surface area contributed by atoms with Crippen LogP contribution in [0.1, 0.15) is 39.5 Å². The van der Waals surface area contributed by atoms with E-state index in [2.05, 4.69) is 4.90 Å². The van der Waals surface area contributed by atoms with Gasteiger partial charge in [0.25, 0.3) is 0 Å². The summed E-state index contributed by atoms with van der Waals surface area (Å²) < 4.78 is 0. The quantitative estimate of drug-likeness (QED) is 0.684. The molecular weight excluding hydrogens is 352 g/mol. The average molecular weight is 381 g/mol. The Morgan fingerprint density at radius 2 is 1.96 bits per heavy atom. The van der Waals surface area contributed by atoms with Crippen molar-refractivity contribution < 1.29 is 19.8 Å². The fourth-order valence-electron chi connectivity index (χ4n) is 5.16. The number of carboxylic acid groups (broad SMARTS) is 1. The summed E-state index contributed by atoms with van der Waals surface area (Å²) in [7, 11) is 0. The van der Waals surface area contributed by atoms with Gasteiger partial charge in [0.15, 0.2) is 0 Å². The van der Waals surface area contributed by atoms with E-state index in [0.717, 1.165) is 23.9 Å². The van der Waals surface area contributed by atoms with E-state index in [-0.39, 0.29) is 23.6 Å². The van der Waals surface area contributed by atoms with Crippen molar-refractivity contribution in [2.45, 2.75) is 56.9 Å². The van der Waals surface area contributed by atoms with Crippen LogP contribution in [0.5, 0.6) is 0 Å². The first-order valence-corrected chi connectivity index (χ1v) is 10.6. The van der Waals surface area contributed by atoms with Crippen LogP contribution in [0.3, 0.4) is 0 Å². The number of amides is 1. The van der Waals surface area contributed by atoms with Crippen molar-refractivity contribution in [3.05, 3.63) is 10.6 Å². The van der Waals surface area contributed by atoms with Crippen LogP contribution in [0.15, 0.2) is 10.6 Å². The third kappa shape index (κ3) is 2.88. The Morgan fingerprint density at radius 1 is 1.31 bits per heavy atom. The van der Waals surface area contributed by atoms with Gasteiger partial charge in [-0.15, -0.1) is 11.8 Å². The number of thioether (sulfide) groups is 1. The summed E-state index contributed by atoms with van der Waals surface area (Å²) in [6.45, 7) is 6.79. The molecule has 3 aliphatic heterocycles. The maximum atomic E-state index is 12.4. The molecule has 0 unspecified atom stereocenters. The van der Waals surface area contributed by atoms with E-state index in [1.165, 1.54) is 37.1 Å². The van der Waals surface area contributed by atoms with Crippen LogP contribution >= 0.6 is 11.8 Å². The Kier molecular flexibility index (Phi) is 4.82. The lowest BCUT2D eigenvalue weighted by Crippen LogP contribution is -2.63. The van der Waals surface area contributed by atoms with E-state index in [1.54, 1.807) is 18.7 Å². The Labute approximate surface area is 158 Å². The van der Waals surface area contributed by atoms with Gasteiger partial charge in [-0.3, -0.25) is 4.79 Å². The molecule has 4 aliphatic rings. The Hall–Kier alpha value is -1.05. The van der Waals surface area contributed by atoms with Crippen LogP contribution < -0.4 is 0 Å². The third-order valence-corrected chi connectivity index (χ3v) is 7.97. The molecule has 0 bridgehead atoms. The summed E-state index contributed by atoms with van der Waals surface area (Å²) in [5.41, 5.74) is 0.156. The molecule has 4 rings (SSSR count). The molecule has 7 heteroatoms. The first-order valence-electron chi connectivity index (χ1n) is 9.76. The minimum Gasteiger partial charge on any atom is -0.477 e. The summed E-state index contributed by atoms with van der Waals surface area (Å²) in [5.74, 6) is -0.931. The van der Waals surface area contributed by atoms with Crippen LogP contribution in [0.2, 0.25) is 0 Å². The molecule has 3 heterocycles. The maximum absolute atomic E-state index is 12.4. The van der Waals surface area contributed by atoms with Gasteiger partial charge >= 0.3 is 5.97 Å². The molecule has 1 aliphatic carbocycles. The molecule has 4 atom stereocenters. The number of nitrogens with zero attached hydrogens (tertiary/aromatic N) is 2. The second kappa shape index (κ2) is 6.84. The predicted octanol–water partition coefficient (Wildman–Crippen LogP) is 1.75. The smallest absolute Gasteiger partial charge is 0.353 e. The lowest BCUT2D eigenvalue weighted by Gasteiger charge is -2.46. The van der Waals surface area contributed by atoms with Gasteiger partial charge in [-0.05, 0) is 25.7 Å². The lowest BCUT2D eigenvalue weighted by molar-refractivity contribution is -0.163. The SMILES string of the molecule is C[C@@H](O)[C@H]1C(=O)N2C(C(=O)O)=C(SC3CN(CC4CCCC4)C3)[C@H](C)[C@H]12. The van der Waals surface area contributed by atoms with Gasteiger partial charge in [0.05, 0.1) is 18.1 Å². The minimum absolute atomic E-state index is 0.0210. The van der Waals surface area contributed by atoms with Gasteiger partial charge in [0, 0.05) is 35.7 Å². The van der Waals surface area contributed by atoms with Crippen molar-refractivity contribution in [1.82, 2.24) is 9.80 Å². The number of aliphatic hydroxyl groups excluding tert-OH is 1. The van der Waals surface area contributed by atoms with E-state index in [1.807, 2.05) is 6.92 Å². The van der Waals surface area contributed by atoms with Crippen LogP contribution in [0.25, 0.3) is 0 Å². The number of hydrogen-bond donors (Lipinski definition) is 2. The second-order valence-corrected chi connectivity index (χ2v) is 9.72. The number of carbonyl (C=O) groups is 2. The molecular formula is C19H28N2O4S. The standard InChI is InChI=1S/C19H28N2O4S/c1-10-15-14(11(2)22)18(23)21(15)16(19(24)25)17(10)26-13-8-20(9-13)7-12-5-3-4-6-12/h10-15,22H,3-9H2,1-2H3,(H,24,25)/t10-,11-,14-,15-/m1/s1. The number of likely N-dealkylation sites (tertiary alicyclic amines) is 1. The number of carboxylic acids is 1. The van der Waals surface area contributed by atoms with E-state index < -0.39 is 18.0 Å². The fraction of sp³-hybridized carbons (Fsp3) is 0.789. The molecule has 26 heavy (non-hydrogen) atoms. The van der Waals surface area contributed by atoms with Crippen molar-refractivity contribution in [1.29, 1.82) is 0 Å². The molecule has 0 aromatic rings. The summed E-state index contributed by atoms with van der Waals surface area (Å²) >= 11 is 1.65. The lowest BCUT2D eigenvalue weighted by atomic mass is 9.79. The van der Waals surface area contributed by atoms with E-state index >= 15 is 0 Å². The predicted molar refractivity (Wildman–Crippen MR) is 99.4 cm³/mol. The zero-order valence-corrected chi connectivity index (χ0v) is 16.2. The summed E-state index contributed by atoms with van der Waals surface area (Å²) in [4.78, 5) is 28.9. The van der Waals surface area contributed by atoms with Gasteiger partial charge in [0.2, 0.25) is 5.91 Å². The Bertz CT molecular complexity index is 637. The number of rotatable bonds is 6. The highest BCUT2D eigenvalue weighted by molar-refractivity contribution is 8.03.